The van der Waals surface area contributed by atoms with Crippen LogP contribution in [0, 0.1) is 6.92 Å². The molecule has 0 atom stereocenters. The van der Waals surface area contributed by atoms with Crippen molar-refractivity contribution in [2.45, 2.75) is 20.3 Å². The number of rotatable bonds is 5. The lowest BCUT2D eigenvalue weighted by Crippen LogP contribution is -2.25. The van der Waals surface area contributed by atoms with Crippen LogP contribution in [0.2, 0.25) is 5.02 Å². The molecule has 0 saturated carbocycles. The first kappa shape index (κ1) is 19.9. The van der Waals surface area contributed by atoms with E-state index in [0.29, 0.717) is 22.0 Å². The zero-order valence-electron chi connectivity index (χ0n) is 16.8. The minimum absolute atomic E-state index is 0.331. The molecule has 0 radical (unpaired) electrons. The Kier molecular flexibility index (Phi) is 5.42. The average molecular weight is 417 g/mol. The van der Waals surface area contributed by atoms with E-state index in [1.807, 2.05) is 68.4 Å². The van der Waals surface area contributed by atoms with Crippen molar-refractivity contribution in [3.05, 3.63) is 94.8 Å². The van der Waals surface area contributed by atoms with Crippen molar-refractivity contribution < 1.29 is 9.59 Å². The van der Waals surface area contributed by atoms with Crippen LogP contribution in [0.4, 0.5) is 5.69 Å². The summed E-state index contributed by atoms with van der Waals surface area (Å²) in [6.45, 7) is 3.94. The predicted octanol–water partition coefficient (Wildman–Crippen LogP) is 5.95. The summed E-state index contributed by atoms with van der Waals surface area (Å²) in [6, 6.07) is 20.6. The third-order valence-electron chi connectivity index (χ3n) is 5.23. The molecule has 1 N–H and O–H groups in total. The molecule has 30 heavy (non-hydrogen) atoms. The molecule has 0 aliphatic carbocycles. The van der Waals surface area contributed by atoms with E-state index in [9.17, 15) is 9.59 Å². The van der Waals surface area contributed by atoms with Crippen LogP contribution in [0.3, 0.4) is 0 Å². The average Bonchev–Trinajstić information content (AvgIpc) is 3.14. The normalized spacial score (nSPS) is 10.9. The van der Waals surface area contributed by atoms with Gasteiger partial charge < -0.3 is 9.72 Å². The van der Waals surface area contributed by atoms with Gasteiger partial charge in [0.1, 0.15) is 5.69 Å². The van der Waals surface area contributed by atoms with E-state index in [0.717, 1.165) is 28.6 Å². The monoisotopic (exact) mass is 416 g/mol. The highest BCUT2D eigenvalue weighted by atomic mass is 35.5. The molecule has 0 bridgehead atoms. The summed E-state index contributed by atoms with van der Waals surface area (Å²) in [4.78, 5) is 26.4. The van der Waals surface area contributed by atoms with E-state index >= 15 is 0 Å². The molecule has 0 aliphatic heterocycles. The summed E-state index contributed by atoms with van der Waals surface area (Å²) in [6.07, 6.45) is 2.55. The van der Waals surface area contributed by atoms with Crippen molar-refractivity contribution in [2.75, 3.05) is 5.32 Å². The number of amides is 1. The Hall–Kier alpha value is -3.37. The van der Waals surface area contributed by atoms with Crippen LogP contribution in [0.5, 0.6) is 0 Å². The van der Waals surface area contributed by atoms with Gasteiger partial charge in [-0.05, 0) is 60.4 Å². The van der Waals surface area contributed by atoms with Crippen LogP contribution >= 0.6 is 11.6 Å². The van der Waals surface area contributed by atoms with Crippen LogP contribution in [0.15, 0.2) is 72.9 Å². The van der Waals surface area contributed by atoms with Gasteiger partial charge in [-0.3, -0.25) is 9.59 Å². The highest BCUT2D eigenvalue weighted by Crippen LogP contribution is 2.30. The van der Waals surface area contributed by atoms with Gasteiger partial charge in [-0.2, -0.15) is 0 Å². The molecular weight excluding hydrogens is 396 g/mol. The zero-order valence-corrected chi connectivity index (χ0v) is 17.5. The number of benzene rings is 2. The number of carbonyl (C=O) groups is 2. The van der Waals surface area contributed by atoms with Crippen molar-refractivity contribution >= 4 is 34.5 Å². The summed E-state index contributed by atoms with van der Waals surface area (Å²) < 4.78 is 1.75. The molecule has 0 unspecified atom stereocenters. The van der Waals surface area contributed by atoms with Crippen LogP contribution in [-0.4, -0.2) is 16.1 Å². The quantitative estimate of drug-likeness (QED) is 0.322. The minimum atomic E-state index is -0.655. The van der Waals surface area contributed by atoms with Gasteiger partial charge in [0.15, 0.2) is 0 Å². The minimum Gasteiger partial charge on any atom is -0.319 e. The van der Waals surface area contributed by atoms with E-state index in [-0.39, 0.29) is 0 Å². The van der Waals surface area contributed by atoms with Crippen molar-refractivity contribution in [1.82, 2.24) is 4.40 Å². The van der Waals surface area contributed by atoms with Gasteiger partial charge >= 0.3 is 0 Å². The number of aryl methyl sites for hydroxylation is 2. The second-order valence-corrected chi connectivity index (χ2v) is 7.59. The Morgan fingerprint density at radius 2 is 1.77 bits per heavy atom. The van der Waals surface area contributed by atoms with Crippen molar-refractivity contribution in [3.63, 3.8) is 0 Å². The Bertz CT molecular complexity index is 1260. The Labute approximate surface area is 180 Å². The maximum Gasteiger partial charge on any atom is 0.298 e. The third kappa shape index (κ3) is 3.62. The van der Waals surface area contributed by atoms with Gasteiger partial charge in [-0.25, -0.2) is 0 Å². The van der Waals surface area contributed by atoms with Crippen molar-refractivity contribution in [3.8, 4) is 11.1 Å². The first-order valence-electron chi connectivity index (χ1n) is 9.79. The molecule has 5 heteroatoms. The van der Waals surface area contributed by atoms with Crippen LogP contribution in [0.1, 0.15) is 28.5 Å². The molecule has 4 rings (SSSR count). The lowest BCUT2D eigenvalue weighted by Gasteiger charge is -2.13. The van der Waals surface area contributed by atoms with Gasteiger partial charge in [0, 0.05) is 28.0 Å². The van der Waals surface area contributed by atoms with E-state index in [1.54, 1.807) is 22.7 Å². The van der Waals surface area contributed by atoms with Crippen LogP contribution in [-0.2, 0) is 11.2 Å². The molecule has 2 heterocycles. The van der Waals surface area contributed by atoms with E-state index in [1.165, 1.54) is 0 Å². The molecule has 4 nitrogen and oxygen atoms in total. The lowest BCUT2D eigenvalue weighted by molar-refractivity contribution is -0.112. The molecule has 0 fully saturated rings. The van der Waals surface area contributed by atoms with E-state index < -0.39 is 11.7 Å². The van der Waals surface area contributed by atoms with Gasteiger partial charge in [0.05, 0.1) is 0 Å². The number of hydrogen-bond acceptors (Lipinski definition) is 2. The molecule has 4 aromatic rings. The molecule has 0 spiro atoms. The fourth-order valence-electron chi connectivity index (χ4n) is 3.68. The number of nitrogens with zero attached hydrogens (tertiary/aromatic N) is 1. The van der Waals surface area contributed by atoms with Crippen molar-refractivity contribution in [2.24, 2.45) is 0 Å². The molecule has 1 amide bonds. The van der Waals surface area contributed by atoms with Gasteiger partial charge in [-0.15, -0.1) is 0 Å². The zero-order chi connectivity index (χ0) is 21.3. The Balaban J connectivity index is 1.79. The van der Waals surface area contributed by atoms with E-state index in [2.05, 4.69) is 5.32 Å². The number of para-hydroxylation sites is 1. The van der Waals surface area contributed by atoms with Gasteiger partial charge in [-0.1, -0.05) is 54.9 Å². The largest absolute Gasteiger partial charge is 0.319 e. The standard InChI is InChI=1S/C25H21ClN2O2/c1-3-17-8-6-7-16(2)22(17)27-25(30)24(29)23-21(18-10-12-19(26)13-11-18)15-20-9-4-5-14-28(20)23/h4-15H,3H2,1-2H3,(H,27,30). The second-order valence-electron chi connectivity index (χ2n) is 7.15. The topological polar surface area (TPSA) is 50.6 Å². The first-order chi connectivity index (χ1) is 14.5. The fraction of sp³-hybridized carbons (Fsp3) is 0.120. The highest BCUT2D eigenvalue weighted by molar-refractivity contribution is 6.47. The molecule has 2 aromatic carbocycles. The number of aromatic nitrogens is 1. The fourth-order valence-corrected chi connectivity index (χ4v) is 3.81. The molecule has 0 aliphatic rings. The number of anilines is 1. The highest BCUT2D eigenvalue weighted by Gasteiger charge is 2.25. The predicted molar refractivity (Wildman–Crippen MR) is 121 cm³/mol. The second kappa shape index (κ2) is 8.17. The number of pyridine rings is 1. The molecule has 0 saturated heterocycles. The number of fused-ring (bicyclic) bond motifs is 1. The molecule has 150 valence electrons. The Morgan fingerprint density at radius 3 is 2.50 bits per heavy atom. The maximum atomic E-state index is 13.3. The van der Waals surface area contributed by atoms with E-state index in [4.69, 9.17) is 11.6 Å². The summed E-state index contributed by atoms with van der Waals surface area (Å²) in [5, 5.41) is 3.46. The number of halogens is 1. The van der Waals surface area contributed by atoms with Crippen LogP contribution in [0.25, 0.3) is 16.6 Å². The van der Waals surface area contributed by atoms with Gasteiger partial charge in [0.2, 0.25) is 0 Å². The molecule has 2 aromatic heterocycles. The summed E-state index contributed by atoms with van der Waals surface area (Å²) in [7, 11) is 0. The molecular formula is C25H21ClN2O2. The number of carbonyl (C=O) groups excluding carboxylic acids is 2. The van der Waals surface area contributed by atoms with Crippen molar-refractivity contribution in [1.29, 1.82) is 0 Å². The maximum absolute atomic E-state index is 13.3. The summed E-state index contributed by atoms with van der Waals surface area (Å²) in [5.41, 5.74) is 5.30. The van der Waals surface area contributed by atoms with Gasteiger partial charge in [0.25, 0.3) is 11.7 Å². The SMILES string of the molecule is CCc1cccc(C)c1NC(=O)C(=O)c1c(-c2ccc(Cl)cc2)cc2ccccn12. The number of nitrogens with one attached hydrogen (secondary N) is 1. The number of hydrogen-bond donors (Lipinski definition) is 1. The van der Waals surface area contributed by atoms with Crippen LogP contribution < -0.4 is 5.32 Å². The lowest BCUT2D eigenvalue weighted by atomic mass is 10.0. The first-order valence-corrected chi connectivity index (χ1v) is 10.2. The number of ketones is 1. The summed E-state index contributed by atoms with van der Waals surface area (Å²) >= 11 is 6.03. The summed E-state index contributed by atoms with van der Waals surface area (Å²) in [5.74, 6) is -1.24. The number of Topliss-reactive ketones (excluding diaryl/α,β-unsaturated/α-hetero) is 1. The third-order valence-corrected chi connectivity index (χ3v) is 5.49. The smallest absolute Gasteiger partial charge is 0.298 e. The Morgan fingerprint density at radius 1 is 1.00 bits per heavy atom.